The molecular weight excluding hydrogens is 337 g/mol. The molecule has 1 N–H and O–H groups in total. The van der Waals surface area contributed by atoms with Crippen LogP contribution in [0.1, 0.15) is 10.4 Å². The standard InChI is InChI=1S/C13H8BrCl2NO/c14-10-7-8(15)5-6-12(10)17-13(18)9-3-1-2-4-11(9)16/h1-7H,(H,17,18). The van der Waals surface area contributed by atoms with Crippen molar-refractivity contribution in [3.8, 4) is 0 Å². The molecule has 0 radical (unpaired) electrons. The Bertz CT molecular complexity index is 601. The molecule has 0 atom stereocenters. The third-order valence-corrected chi connectivity index (χ3v) is 3.52. The lowest BCUT2D eigenvalue weighted by Crippen LogP contribution is -2.12. The average molecular weight is 345 g/mol. The van der Waals surface area contributed by atoms with Crippen molar-refractivity contribution < 1.29 is 4.79 Å². The highest BCUT2D eigenvalue weighted by molar-refractivity contribution is 9.10. The van der Waals surface area contributed by atoms with Crippen LogP contribution in [0.25, 0.3) is 0 Å². The number of benzene rings is 2. The molecule has 2 rings (SSSR count). The van der Waals surface area contributed by atoms with Gasteiger partial charge >= 0.3 is 0 Å². The van der Waals surface area contributed by atoms with Crippen LogP contribution in [0.2, 0.25) is 10.0 Å². The lowest BCUT2D eigenvalue weighted by molar-refractivity contribution is 0.102. The van der Waals surface area contributed by atoms with Crippen LogP contribution < -0.4 is 5.32 Å². The van der Waals surface area contributed by atoms with E-state index in [1.54, 1.807) is 42.5 Å². The van der Waals surface area contributed by atoms with E-state index in [1.165, 1.54) is 0 Å². The fourth-order valence-corrected chi connectivity index (χ4v) is 2.43. The lowest BCUT2D eigenvalue weighted by Gasteiger charge is -2.08. The summed E-state index contributed by atoms with van der Waals surface area (Å²) in [6, 6.07) is 12.0. The van der Waals surface area contributed by atoms with Crippen molar-refractivity contribution in [2.45, 2.75) is 0 Å². The number of rotatable bonds is 2. The molecule has 0 saturated carbocycles. The third kappa shape index (κ3) is 3.05. The first-order chi connectivity index (χ1) is 8.58. The molecule has 18 heavy (non-hydrogen) atoms. The van der Waals surface area contributed by atoms with Gasteiger partial charge in [0.25, 0.3) is 5.91 Å². The third-order valence-electron chi connectivity index (χ3n) is 2.30. The molecule has 92 valence electrons. The maximum Gasteiger partial charge on any atom is 0.257 e. The number of nitrogens with one attached hydrogen (secondary N) is 1. The topological polar surface area (TPSA) is 29.1 Å². The fraction of sp³-hybridized carbons (Fsp3) is 0. The van der Waals surface area contributed by atoms with Crippen molar-refractivity contribution in [3.63, 3.8) is 0 Å². The maximum absolute atomic E-state index is 12.0. The number of anilines is 1. The molecule has 1 amide bonds. The van der Waals surface area contributed by atoms with Gasteiger partial charge in [0.1, 0.15) is 0 Å². The molecule has 2 aromatic rings. The summed E-state index contributed by atoms with van der Waals surface area (Å²) in [6.07, 6.45) is 0. The molecule has 0 spiro atoms. The monoisotopic (exact) mass is 343 g/mol. The quantitative estimate of drug-likeness (QED) is 0.815. The van der Waals surface area contributed by atoms with E-state index in [-0.39, 0.29) is 5.91 Å². The Morgan fingerprint density at radius 1 is 1.11 bits per heavy atom. The van der Waals surface area contributed by atoms with Crippen molar-refractivity contribution in [1.29, 1.82) is 0 Å². The molecule has 0 aliphatic heterocycles. The van der Waals surface area contributed by atoms with E-state index < -0.39 is 0 Å². The van der Waals surface area contributed by atoms with E-state index in [9.17, 15) is 4.79 Å². The highest BCUT2D eigenvalue weighted by Crippen LogP contribution is 2.27. The van der Waals surface area contributed by atoms with Crippen LogP contribution in [0.4, 0.5) is 5.69 Å². The summed E-state index contributed by atoms with van der Waals surface area (Å²) in [7, 11) is 0. The Kier molecular flexibility index (Phi) is 4.27. The number of carbonyl (C=O) groups is 1. The van der Waals surface area contributed by atoms with Gasteiger partial charge in [-0.05, 0) is 46.3 Å². The van der Waals surface area contributed by atoms with Crippen molar-refractivity contribution in [2.24, 2.45) is 0 Å². The minimum absolute atomic E-state index is 0.261. The maximum atomic E-state index is 12.0. The summed E-state index contributed by atoms with van der Waals surface area (Å²) in [6.45, 7) is 0. The van der Waals surface area contributed by atoms with Crippen LogP contribution >= 0.6 is 39.1 Å². The lowest BCUT2D eigenvalue weighted by atomic mass is 10.2. The molecule has 0 bridgehead atoms. The summed E-state index contributed by atoms with van der Waals surface area (Å²) in [5, 5.41) is 3.78. The van der Waals surface area contributed by atoms with Crippen LogP contribution in [0, 0.1) is 0 Å². The second-order valence-corrected chi connectivity index (χ2v) is 5.26. The van der Waals surface area contributed by atoms with Gasteiger partial charge in [-0.15, -0.1) is 0 Å². The van der Waals surface area contributed by atoms with E-state index in [2.05, 4.69) is 21.2 Å². The average Bonchev–Trinajstić information content (AvgIpc) is 2.33. The molecule has 0 fully saturated rings. The SMILES string of the molecule is O=C(Nc1ccc(Cl)cc1Br)c1ccccc1Cl. The Morgan fingerprint density at radius 3 is 2.50 bits per heavy atom. The highest BCUT2D eigenvalue weighted by atomic mass is 79.9. The zero-order chi connectivity index (χ0) is 13.1. The number of amides is 1. The van der Waals surface area contributed by atoms with Crippen molar-refractivity contribution in [3.05, 3.63) is 62.5 Å². The molecule has 0 aliphatic carbocycles. The summed E-state index contributed by atoms with van der Waals surface area (Å²) in [5.74, 6) is -0.261. The smallest absolute Gasteiger partial charge is 0.257 e. The van der Waals surface area contributed by atoms with Gasteiger partial charge < -0.3 is 5.32 Å². The van der Waals surface area contributed by atoms with Crippen molar-refractivity contribution >= 4 is 50.7 Å². The first kappa shape index (κ1) is 13.4. The molecule has 2 nitrogen and oxygen atoms in total. The Morgan fingerprint density at radius 2 is 1.83 bits per heavy atom. The van der Waals surface area contributed by atoms with Gasteiger partial charge in [-0.3, -0.25) is 4.79 Å². The minimum Gasteiger partial charge on any atom is -0.321 e. The van der Waals surface area contributed by atoms with E-state index in [0.29, 0.717) is 21.3 Å². The number of carbonyl (C=O) groups excluding carboxylic acids is 1. The molecule has 0 aliphatic rings. The first-order valence-electron chi connectivity index (χ1n) is 5.09. The van der Waals surface area contributed by atoms with Crippen molar-refractivity contribution in [1.82, 2.24) is 0 Å². The second-order valence-electron chi connectivity index (χ2n) is 3.56. The van der Waals surface area contributed by atoms with Crippen LogP contribution in [0.5, 0.6) is 0 Å². The number of hydrogen-bond donors (Lipinski definition) is 1. The number of halogens is 3. The van der Waals surface area contributed by atoms with Crippen LogP contribution in [0.3, 0.4) is 0 Å². The van der Waals surface area contributed by atoms with Gasteiger partial charge in [-0.1, -0.05) is 35.3 Å². The zero-order valence-corrected chi connectivity index (χ0v) is 12.2. The summed E-state index contributed by atoms with van der Waals surface area (Å²) >= 11 is 15.1. The van der Waals surface area contributed by atoms with Gasteiger partial charge in [0, 0.05) is 9.50 Å². The summed E-state index contributed by atoms with van der Waals surface area (Å²) in [4.78, 5) is 12.0. The molecular formula is C13H8BrCl2NO. The first-order valence-corrected chi connectivity index (χ1v) is 6.64. The zero-order valence-electron chi connectivity index (χ0n) is 9.08. The predicted molar refractivity (Wildman–Crippen MR) is 78.6 cm³/mol. The largest absolute Gasteiger partial charge is 0.321 e. The van der Waals surface area contributed by atoms with E-state index in [1.807, 2.05) is 0 Å². The molecule has 0 saturated heterocycles. The van der Waals surface area contributed by atoms with Crippen LogP contribution in [-0.4, -0.2) is 5.91 Å². The highest BCUT2D eigenvalue weighted by Gasteiger charge is 2.11. The predicted octanol–water partition coefficient (Wildman–Crippen LogP) is 5.01. The van der Waals surface area contributed by atoms with E-state index in [0.717, 1.165) is 4.47 Å². The molecule has 5 heteroatoms. The molecule has 0 aromatic heterocycles. The van der Waals surface area contributed by atoms with Crippen LogP contribution in [-0.2, 0) is 0 Å². The Hall–Kier alpha value is -1.03. The summed E-state index contributed by atoms with van der Waals surface area (Å²) in [5.41, 5.74) is 1.07. The second kappa shape index (κ2) is 5.74. The van der Waals surface area contributed by atoms with Crippen molar-refractivity contribution in [2.75, 3.05) is 5.32 Å². The fourth-order valence-electron chi connectivity index (χ4n) is 1.43. The van der Waals surface area contributed by atoms with Gasteiger partial charge in [-0.2, -0.15) is 0 Å². The van der Waals surface area contributed by atoms with Gasteiger partial charge in [-0.25, -0.2) is 0 Å². The number of hydrogen-bond acceptors (Lipinski definition) is 1. The van der Waals surface area contributed by atoms with Crippen LogP contribution in [0.15, 0.2) is 46.9 Å². The minimum atomic E-state index is -0.261. The van der Waals surface area contributed by atoms with Gasteiger partial charge in [0.15, 0.2) is 0 Å². The Balaban J connectivity index is 2.24. The molecule has 2 aromatic carbocycles. The normalized spacial score (nSPS) is 10.2. The van der Waals surface area contributed by atoms with Gasteiger partial charge in [0.2, 0.25) is 0 Å². The van der Waals surface area contributed by atoms with E-state index >= 15 is 0 Å². The Labute approximate surface area is 123 Å². The molecule has 0 heterocycles. The molecule has 0 unspecified atom stereocenters. The van der Waals surface area contributed by atoms with Gasteiger partial charge in [0.05, 0.1) is 16.3 Å². The summed E-state index contributed by atoms with van der Waals surface area (Å²) < 4.78 is 0.718. The van der Waals surface area contributed by atoms with E-state index in [4.69, 9.17) is 23.2 Å².